The highest BCUT2D eigenvalue weighted by Crippen LogP contribution is 2.55. The molecule has 0 N–H and O–H groups in total. The number of rotatable bonds is 6. The van der Waals surface area contributed by atoms with Crippen LogP contribution >= 0.6 is 0 Å². The van der Waals surface area contributed by atoms with Crippen molar-refractivity contribution in [3.63, 3.8) is 0 Å². The summed E-state index contributed by atoms with van der Waals surface area (Å²) in [5.41, 5.74) is 17.6. The SMILES string of the molecule is c1ccc(-c2cc(-c3ccc(N4c5ccccc5-c5c(n(-c6ccccc6)c6c(-c7ccccc7)cccc56)-c5ccccc54)cc3)nc(-c3ccccc3)n2)cc1. The predicted molar refractivity (Wildman–Crippen MR) is 240 cm³/mol. The zero-order valence-electron chi connectivity index (χ0n) is 31.6. The van der Waals surface area contributed by atoms with E-state index in [2.05, 4.69) is 204 Å². The minimum absolute atomic E-state index is 0.704. The summed E-state index contributed by atoms with van der Waals surface area (Å²) in [5, 5.41) is 1.21. The molecule has 3 heterocycles. The average molecular weight is 741 g/mol. The smallest absolute Gasteiger partial charge is 0.160 e. The van der Waals surface area contributed by atoms with Gasteiger partial charge in [0.15, 0.2) is 5.82 Å². The molecule has 8 aromatic carbocycles. The average Bonchev–Trinajstić information content (AvgIpc) is 3.60. The van der Waals surface area contributed by atoms with Crippen LogP contribution in [0.1, 0.15) is 0 Å². The van der Waals surface area contributed by atoms with Crippen molar-refractivity contribution in [1.82, 2.24) is 14.5 Å². The zero-order chi connectivity index (χ0) is 38.4. The highest BCUT2D eigenvalue weighted by molar-refractivity contribution is 6.15. The van der Waals surface area contributed by atoms with Crippen LogP contribution < -0.4 is 4.90 Å². The van der Waals surface area contributed by atoms with Crippen LogP contribution in [0.5, 0.6) is 0 Å². The minimum atomic E-state index is 0.704. The van der Waals surface area contributed by atoms with Crippen molar-refractivity contribution in [2.24, 2.45) is 0 Å². The van der Waals surface area contributed by atoms with Crippen molar-refractivity contribution in [3.05, 3.63) is 218 Å². The molecule has 4 heteroatoms. The third-order valence-electron chi connectivity index (χ3n) is 11.2. The molecule has 0 saturated heterocycles. The van der Waals surface area contributed by atoms with E-state index in [1.807, 2.05) is 24.3 Å². The summed E-state index contributed by atoms with van der Waals surface area (Å²) in [6.45, 7) is 0. The summed E-state index contributed by atoms with van der Waals surface area (Å²) >= 11 is 0. The zero-order valence-corrected chi connectivity index (χ0v) is 31.6. The fourth-order valence-corrected chi connectivity index (χ4v) is 8.56. The van der Waals surface area contributed by atoms with Gasteiger partial charge in [-0.2, -0.15) is 0 Å². The quantitative estimate of drug-likeness (QED) is 0.170. The highest BCUT2D eigenvalue weighted by atomic mass is 15.2. The Hall–Kier alpha value is -7.82. The summed E-state index contributed by atoms with van der Waals surface area (Å²) in [6, 6.07) is 77.5. The van der Waals surface area contributed by atoms with Gasteiger partial charge in [0, 0.05) is 55.7 Å². The normalized spacial score (nSPS) is 11.8. The van der Waals surface area contributed by atoms with Crippen molar-refractivity contribution in [1.29, 1.82) is 0 Å². The van der Waals surface area contributed by atoms with Crippen LogP contribution in [0, 0.1) is 0 Å². The largest absolute Gasteiger partial charge is 0.309 e. The van der Waals surface area contributed by atoms with Gasteiger partial charge in [0.05, 0.1) is 34.0 Å². The Kier molecular flexibility index (Phi) is 8.11. The van der Waals surface area contributed by atoms with Crippen LogP contribution in [0.4, 0.5) is 17.1 Å². The molecule has 1 aliphatic heterocycles. The Bertz CT molecular complexity index is 3020. The molecule has 4 nitrogen and oxygen atoms in total. The number of anilines is 3. The van der Waals surface area contributed by atoms with Crippen LogP contribution in [-0.4, -0.2) is 14.5 Å². The van der Waals surface area contributed by atoms with Gasteiger partial charge < -0.3 is 9.47 Å². The van der Waals surface area contributed by atoms with Crippen LogP contribution in [0.2, 0.25) is 0 Å². The molecule has 0 spiro atoms. The molecule has 0 atom stereocenters. The van der Waals surface area contributed by atoms with Crippen molar-refractivity contribution in [2.75, 3.05) is 4.90 Å². The summed E-state index contributed by atoms with van der Waals surface area (Å²) in [6.07, 6.45) is 0. The topological polar surface area (TPSA) is 34.0 Å². The number of para-hydroxylation sites is 4. The van der Waals surface area contributed by atoms with Crippen molar-refractivity contribution in [2.45, 2.75) is 0 Å². The number of nitrogens with zero attached hydrogens (tertiary/aromatic N) is 4. The van der Waals surface area contributed by atoms with E-state index in [4.69, 9.17) is 9.97 Å². The van der Waals surface area contributed by atoms with Gasteiger partial charge in [0.2, 0.25) is 0 Å². The number of benzene rings is 8. The lowest BCUT2D eigenvalue weighted by molar-refractivity contribution is 1.13. The monoisotopic (exact) mass is 740 g/mol. The van der Waals surface area contributed by atoms with Crippen molar-refractivity contribution in [3.8, 4) is 73.1 Å². The van der Waals surface area contributed by atoms with Gasteiger partial charge in [-0.25, -0.2) is 9.97 Å². The molecule has 0 bridgehead atoms. The first-order valence-electron chi connectivity index (χ1n) is 19.7. The molecule has 0 saturated carbocycles. The third-order valence-corrected chi connectivity index (χ3v) is 11.2. The van der Waals surface area contributed by atoms with Gasteiger partial charge in [0.1, 0.15) is 0 Å². The molecule has 0 unspecified atom stereocenters. The Labute approximate surface area is 337 Å². The molecule has 10 aromatic rings. The molecule has 0 radical (unpaired) electrons. The second-order valence-electron chi connectivity index (χ2n) is 14.6. The maximum atomic E-state index is 5.12. The van der Waals surface area contributed by atoms with Gasteiger partial charge >= 0.3 is 0 Å². The molecule has 11 rings (SSSR count). The summed E-state index contributed by atoms with van der Waals surface area (Å²) in [5.74, 6) is 0.704. The van der Waals surface area contributed by atoms with Crippen LogP contribution in [0.25, 0.3) is 84.0 Å². The van der Waals surface area contributed by atoms with Gasteiger partial charge in [0.25, 0.3) is 0 Å². The summed E-state index contributed by atoms with van der Waals surface area (Å²) in [7, 11) is 0. The Morgan fingerprint density at radius 2 is 0.845 bits per heavy atom. The molecule has 1 aliphatic rings. The Morgan fingerprint density at radius 1 is 0.345 bits per heavy atom. The lowest BCUT2D eigenvalue weighted by Gasteiger charge is -2.27. The highest BCUT2D eigenvalue weighted by Gasteiger charge is 2.32. The van der Waals surface area contributed by atoms with E-state index in [0.29, 0.717) is 5.82 Å². The second kappa shape index (κ2) is 14.0. The van der Waals surface area contributed by atoms with Crippen molar-refractivity contribution < 1.29 is 0 Å². The molecule has 58 heavy (non-hydrogen) atoms. The molecule has 272 valence electrons. The lowest BCUT2D eigenvalue weighted by Crippen LogP contribution is -2.11. The molecular weight excluding hydrogens is 705 g/mol. The summed E-state index contributed by atoms with van der Waals surface area (Å²) < 4.78 is 2.49. The maximum Gasteiger partial charge on any atom is 0.160 e. The summed E-state index contributed by atoms with van der Waals surface area (Å²) in [4.78, 5) is 12.6. The van der Waals surface area contributed by atoms with Crippen LogP contribution in [-0.2, 0) is 0 Å². The Morgan fingerprint density at radius 3 is 1.50 bits per heavy atom. The van der Waals surface area contributed by atoms with Crippen LogP contribution in [0.15, 0.2) is 218 Å². The standard InChI is InChI=1S/C54H36N4/c1-5-18-37(19-6-1)43-28-17-29-46-51-44-26-13-15-30-49(44)57(50-31-16-14-27-45(50)53(51)58(52(43)46)41-24-11-4-12-25-41)42-34-32-39(33-35-42)48-36-47(38-20-7-2-8-21-38)55-54(56-48)40-22-9-3-10-23-40/h1-36H. The number of fused-ring (bicyclic) bond motifs is 7. The van der Waals surface area contributed by atoms with E-state index in [1.165, 1.54) is 38.9 Å². The fraction of sp³-hybridized carbons (Fsp3) is 0. The Balaban J connectivity index is 1.12. The van der Waals surface area contributed by atoms with E-state index in [9.17, 15) is 0 Å². The predicted octanol–water partition coefficient (Wildman–Crippen LogP) is 14.2. The number of hydrogen-bond acceptors (Lipinski definition) is 3. The van der Waals surface area contributed by atoms with Crippen LogP contribution in [0.3, 0.4) is 0 Å². The van der Waals surface area contributed by atoms with Gasteiger partial charge in [-0.15, -0.1) is 0 Å². The van der Waals surface area contributed by atoms with E-state index >= 15 is 0 Å². The number of hydrogen-bond donors (Lipinski definition) is 0. The molecule has 2 aromatic heterocycles. The first-order chi connectivity index (χ1) is 28.8. The maximum absolute atomic E-state index is 5.12. The van der Waals surface area contributed by atoms with Crippen molar-refractivity contribution >= 4 is 28.0 Å². The number of aromatic nitrogens is 3. The molecule has 0 amide bonds. The van der Waals surface area contributed by atoms with E-state index < -0.39 is 0 Å². The lowest BCUT2D eigenvalue weighted by atomic mass is 9.96. The molecule has 0 fully saturated rings. The first kappa shape index (κ1) is 33.5. The molecule has 0 aliphatic carbocycles. The second-order valence-corrected chi connectivity index (χ2v) is 14.6. The van der Waals surface area contributed by atoms with E-state index in [0.717, 1.165) is 56.4 Å². The molecular formula is C54H36N4. The minimum Gasteiger partial charge on any atom is -0.309 e. The van der Waals surface area contributed by atoms with Gasteiger partial charge in [-0.05, 0) is 48.0 Å². The van der Waals surface area contributed by atoms with Gasteiger partial charge in [-0.3, -0.25) is 0 Å². The van der Waals surface area contributed by atoms with E-state index in [1.54, 1.807) is 0 Å². The fourth-order valence-electron chi connectivity index (χ4n) is 8.56. The van der Waals surface area contributed by atoms with E-state index in [-0.39, 0.29) is 0 Å². The van der Waals surface area contributed by atoms with Gasteiger partial charge in [-0.1, -0.05) is 176 Å². The first-order valence-corrected chi connectivity index (χ1v) is 19.7. The third kappa shape index (κ3) is 5.62.